The number of benzene rings is 1. The zero-order valence-corrected chi connectivity index (χ0v) is 10.3. The largest absolute Gasteiger partial charge is 0.296 e. The molecule has 1 fully saturated rings. The normalized spacial score (nSPS) is 19.8. The summed E-state index contributed by atoms with van der Waals surface area (Å²) in [5, 5.41) is 9.57. The number of aryl methyl sites for hydroxylation is 1. The van der Waals surface area contributed by atoms with Crippen LogP contribution in [0.3, 0.4) is 0 Å². The highest BCUT2D eigenvalue weighted by atomic mass is 19.1. The van der Waals surface area contributed by atoms with Gasteiger partial charge in [-0.3, -0.25) is 20.0 Å². The van der Waals surface area contributed by atoms with Gasteiger partial charge in [-0.15, -0.1) is 0 Å². The molecule has 1 saturated heterocycles. The van der Waals surface area contributed by atoms with Crippen molar-refractivity contribution in [3.05, 3.63) is 29.2 Å². The molecule has 3 rings (SSSR count). The Morgan fingerprint density at radius 3 is 2.89 bits per heavy atom. The van der Waals surface area contributed by atoms with Crippen LogP contribution in [0.25, 0.3) is 10.9 Å². The summed E-state index contributed by atoms with van der Waals surface area (Å²) >= 11 is 0. The highest BCUT2D eigenvalue weighted by molar-refractivity contribution is 6.02. The summed E-state index contributed by atoms with van der Waals surface area (Å²) in [6, 6.07) is 3.40. The van der Waals surface area contributed by atoms with Crippen molar-refractivity contribution in [1.82, 2.24) is 15.5 Å². The number of imide groups is 1. The molecule has 1 unspecified atom stereocenters. The van der Waals surface area contributed by atoms with E-state index in [1.54, 1.807) is 19.1 Å². The standard InChI is InChI=1S/C13H12FN3O2/c1-6-2-3-7-11(16-17-12(7)10(6)14)8-4-5-9(18)15-13(8)19/h2-3,8H,4-5H2,1H3,(H,16,17)(H,15,18,19). The molecule has 5 nitrogen and oxygen atoms in total. The molecule has 2 amide bonds. The highest BCUT2D eigenvalue weighted by Crippen LogP contribution is 2.30. The van der Waals surface area contributed by atoms with Crippen molar-refractivity contribution in [3.63, 3.8) is 0 Å². The Morgan fingerprint density at radius 2 is 2.16 bits per heavy atom. The lowest BCUT2D eigenvalue weighted by molar-refractivity contribution is -0.134. The van der Waals surface area contributed by atoms with Crippen molar-refractivity contribution in [2.45, 2.75) is 25.7 Å². The van der Waals surface area contributed by atoms with Crippen LogP contribution in [0.4, 0.5) is 4.39 Å². The fourth-order valence-corrected chi connectivity index (χ4v) is 2.40. The van der Waals surface area contributed by atoms with E-state index in [4.69, 9.17) is 0 Å². The van der Waals surface area contributed by atoms with Crippen LogP contribution in [0.5, 0.6) is 0 Å². The molecule has 19 heavy (non-hydrogen) atoms. The molecule has 6 heteroatoms. The first kappa shape index (κ1) is 11.8. The SMILES string of the molecule is Cc1ccc2c(C3CCC(=O)NC3=O)n[nH]c2c1F. The Morgan fingerprint density at radius 1 is 1.37 bits per heavy atom. The van der Waals surface area contributed by atoms with Crippen LogP contribution in [0.2, 0.25) is 0 Å². The van der Waals surface area contributed by atoms with Gasteiger partial charge in [0.05, 0.1) is 11.6 Å². The van der Waals surface area contributed by atoms with Gasteiger partial charge in [0.15, 0.2) is 5.82 Å². The quantitative estimate of drug-likeness (QED) is 0.764. The third-order valence-electron chi connectivity index (χ3n) is 3.47. The molecule has 1 aromatic carbocycles. The lowest BCUT2D eigenvalue weighted by Crippen LogP contribution is -2.39. The molecule has 1 aromatic heterocycles. The summed E-state index contributed by atoms with van der Waals surface area (Å²) in [4.78, 5) is 22.9. The Hall–Kier alpha value is -2.24. The zero-order valence-electron chi connectivity index (χ0n) is 10.3. The summed E-state index contributed by atoms with van der Waals surface area (Å²) in [6.45, 7) is 1.67. The first-order chi connectivity index (χ1) is 9.08. The maximum Gasteiger partial charge on any atom is 0.235 e. The molecule has 0 radical (unpaired) electrons. The molecule has 0 saturated carbocycles. The molecule has 1 aliphatic heterocycles. The lowest BCUT2D eigenvalue weighted by atomic mass is 9.92. The Labute approximate surface area is 108 Å². The number of carbonyl (C=O) groups is 2. The third kappa shape index (κ3) is 1.80. The summed E-state index contributed by atoms with van der Waals surface area (Å²) < 4.78 is 13.9. The number of nitrogens with one attached hydrogen (secondary N) is 2. The van der Waals surface area contributed by atoms with Crippen LogP contribution in [0, 0.1) is 12.7 Å². The van der Waals surface area contributed by atoms with Gasteiger partial charge in [-0.25, -0.2) is 4.39 Å². The topological polar surface area (TPSA) is 74.8 Å². The molecular formula is C13H12FN3O2. The van der Waals surface area contributed by atoms with Crippen molar-refractivity contribution >= 4 is 22.7 Å². The van der Waals surface area contributed by atoms with Crippen molar-refractivity contribution in [3.8, 4) is 0 Å². The summed E-state index contributed by atoms with van der Waals surface area (Å²) in [6.07, 6.45) is 0.680. The van der Waals surface area contributed by atoms with E-state index >= 15 is 0 Å². The van der Waals surface area contributed by atoms with Crippen LogP contribution >= 0.6 is 0 Å². The van der Waals surface area contributed by atoms with E-state index in [0.29, 0.717) is 28.6 Å². The molecule has 2 heterocycles. The van der Waals surface area contributed by atoms with Crippen molar-refractivity contribution in [2.24, 2.45) is 0 Å². The Kier molecular flexibility index (Phi) is 2.58. The molecular weight excluding hydrogens is 249 g/mol. The second-order valence-electron chi connectivity index (χ2n) is 4.73. The molecule has 1 atom stereocenters. The average Bonchev–Trinajstić information content (AvgIpc) is 2.78. The number of carbonyl (C=O) groups excluding carboxylic acids is 2. The number of fused-ring (bicyclic) bond motifs is 1. The fourth-order valence-electron chi connectivity index (χ4n) is 2.40. The minimum atomic E-state index is -0.506. The second kappa shape index (κ2) is 4.15. The molecule has 98 valence electrons. The van der Waals surface area contributed by atoms with Gasteiger partial charge in [0.1, 0.15) is 5.52 Å². The van der Waals surface area contributed by atoms with Crippen molar-refractivity contribution < 1.29 is 14.0 Å². The second-order valence-corrected chi connectivity index (χ2v) is 4.73. The van der Waals surface area contributed by atoms with Crippen molar-refractivity contribution in [2.75, 3.05) is 0 Å². The van der Waals surface area contributed by atoms with Gasteiger partial charge in [-0.1, -0.05) is 12.1 Å². The van der Waals surface area contributed by atoms with Gasteiger partial charge in [-0.05, 0) is 18.9 Å². The molecule has 2 aromatic rings. The number of nitrogens with zero attached hydrogens (tertiary/aromatic N) is 1. The van der Waals surface area contributed by atoms with Crippen LogP contribution < -0.4 is 5.32 Å². The van der Waals surface area contributed by atoms with E-state index in [9.17, 15) is 14.0 Å². The number of aromatic amines is 1. The molecule has 0 spiro atoms. The van der Waals surface area contributed by atoms with Gasteiger partial charge in [0.25, 0.3) is 0 Å². The zero-order chi connectivity index (χ0) is 13.6. The number of piperidine rings is 1. The Bertz CT molecular complexity index is 692. The minimum Gasteiger partial charge on any atom is -0.296 e. The molecule has 1 aliphatic rings. The van der Waals surface area contributed by atoms with Crippen LogP contribution in [-0.2, 0) is 9.59 Å². The predicted octanol–water partition coefficient (Wildman–Crippen LogP) is 1.53. The average molecular weight is 261 g/mol. The third-order valence-corrected chi connectivity index (χ3v) is 3.47. The van der Waals surface area contributed by atoms with Gasteiger partial charge in [0, 0.05) is 11.8 Å². The monoisotopic (exact) mass is 261 g/mol. The van der Waals surface area contributed by atoms with E-state index in [1.807, 2.05) is 0 Å². The van der Waals surface area contributed by atoms with E-state index in [0.717, 1.165) is 0 Å². The van der Waals surface area contributed by atoms with Crippen molar-refractivity contribution in [1.29, 1.82) is 0 Å². The van der Waals surface area contributed by atoms with E-state index in [1.165, 1.54) is 0 Å². The number of aromatic nitrogens is 2. The van der Waals surface area contributed by atoms with Crippen LogP contribution in [0.15, 0.2) is 12.1 Å². The highest BCUT2D eigenvalue weighted by Gasteiger charge is 2.31. The van der Waals surface area contributed by atoms with Gasteiger partial charge >= 0.3 is 0 Å². The number of halogens is 1. The molecule has 0 aliphatic carbocycles. The van der Waals surface area contributed by atoms with E-state index < -0.39 is 5.92 Å². The number of amides is 2. The summed E-state index contributed by atoms with van der Waals surface area (Å²) in [7, 11) is 0. The van der Waals surface area contributed by atoms with Crippen LogP contribution in [0.1, 0.15) is 30.0 Å². The predicted molar refractivity (Wildman–Crippen MR) is 65.9 cm³/mol. The number of hydrogen-bond donors (Lipinski definition) is 2. The maximum absolute atomic E-state index is 13.9. The summed E-state index contributed by atoms with van der Waals surface area (Å²) in [5.41, 5.74) is 1.32. The van der Waals surface area contributed by atoms with Gasteiger partial charge in [-0.2, -0.15) is 5.10 Å². The maximum atomic E-state index is 13.9. The fraction of sp³-hybridized carbons (Fsp3) is 0.308. The minimum absolute atomic E-state index is 0.275. The van der Waals surface area contributed by atoms with Gasteiger partial charge in [0.2, 0.25) is 11.8 Å². The molecule has 2 N–H and O–H groups in total. The van der Waals surface area contributed by atoms with E-state index in [-0.39, 0.29) is 24.1 Å². The van der Waals surface area contributed by atoms with E-state index in [2.05, 4.69) is 15.5 Å². The Balaban J connectivity index is 2.09. The first-order valence-electron chi connectivity index (χ1n) is 6.04. The number of hydrogen-bond acceptors (Lipinski definition) is 3. The van der Waals surface area contributed by atoms with Gasteiger partial charge < -0.3 is 0 Å². The van der Waals surface area contributed by atoms with Crippen LogP contribution in [-0.4, -0.2) is 22.0 Å². The first-order valence-corrected chi connectivity index (χ1v) is 6.04. The number of H-pyrrole nitrogens is 1. The summed E-state index contributed by atoms with van der Waals surface area (Å²) in [5.74, 6) is -1.51. The number of rotatable bonds is 1. The lowest BCUT2D eigenvalue weighted by Gasteiger charge is -2.19. The smallest absolute Gasteiger partial charge is 0.235 e. The molecule has 0 bridgehead atoms.